The summed E-state index contributed by atoms with van der Waals surface area (Å²) in [5.41, 5.74) is 1.83. The molecule has 20 heavy (non-hydrogen) atoms. The highest BCUT2D eigenvalue weighted by atomic mass is 19.1. The van der Waals surface area contributed by atoms with Crippen molar-refractivity contribution in [3.8, 4) is 0 Å². The summed E-state index contributed by atoms with van der Waals surface area (Å²) in [6.45, 7) is 10.9. The molecule has 0 atom stereocenters. The number of halogens is 1. The highest BCUT2D eigenvalue weighted by Crippen LogP contribution is 2.52. The summed E-state index contributed by atoms with van der Waals surface area (Å²) >= 11 is 0. The SMILES string of the molecule is Cc1c(F)cc(C(=O)O)cc1B1CC(C)(C)C(C)(C)C1. The Morgan fingerprint density at radius 2 is 1.70 bits per heavy atom. The van der Waals surface area contributed by atoms with Gasteiger partial charge in [-0.05, 0) is 29.4 Å². The summed E-state index contributed by atoms with van der Waals surface area (Å²) in [7, 11) is 0. The van der Waals surface area contributed by atoms with Crippen LogP contribution in [0.3, 0.4) is 0 Å². The normalized spacial score (nSPS) is 20.2. The molecule has 1 aliphatic rings. The van der Waals surface area contributed by atoms with E-state index in [0.29, 0.717) is 5.56 Å². The minimum absolute atomic E-state index is 0.0469. The Labute approximate surface area is 120 Å². The Balaban J connectivity index is 2.47. The zero-order valence-corrected chi connectivity index (χ0v) is 12.9. The zero-order valence-electron chi connectivity index (χ0n) is 12.9. The van der Waals surface area contributed by atoms with E-state index in [1.165, 1.54) is 0 Å². The van der Waals surface area contributed by atoms with Crippen molar-refractivity contribution < 1.29 is 14.3 Å². The maximum atomic E-state index is 14.0. The van der Waals surface area contributed by atoms with Crippen LogP contribution in [0.5, 0.6) is 0 Å². The van der Waals surface area contributed by atoms with Crippen LogP contribution in [0.1, 0.15) is 43.6 Å². The molecular formula is C16H22BFO2. The quantitative estimate of drug-likeness (QED) is 0.838. The Bertz CT molecular complexity index is 548. The lowest BCUT2D eigenvalue weighted by Crippen LogP contribution is -2.32. The molecule has 2 rings (SSSR count). The number of hydrogen-bond acceptors (Lipinski definition) is 1. The molecule has 1 aliphatic heterocycles. The monoisotopic (exact) mass is 276 g/mol. The van der Waals surface area contributed by atoms with Gasteiger partial charge < -0.3 is 5.11 Å². The third-order valence-corrected chi connectivity index (χ3v) is 5.42. The Hall–Kier alpha value is -1.32. The molecule has 0 aliphatic carbocycles. The van der Waals surface area contributed by atoms with Crippen molar-refractivity contribution in [3.63, 3.8) is 0 Å². The van der Waals surface area contributed by atoms with Crippen LogP contribution >= 0.6 is 0 Å². The van der Waals surface area contributed by atoms with E-state index in [0.717, 1.165) is 24.2 Å². The molecule has 1 N–H and O–H groups in total. The molecule has 0 radical (unpaired) electrons. The van der Waals surface area contributed by atoms with Gasteiger partial charge in [-0.25, -0.2) is 9.18 Å². The number of aromatic carboxylic acids is 1. The van der Waals surface area contributed by atoms with Gasteiger partial charge in [-0.2, -0.15) is 0 Å². The second-order valence-corrected chi connectivity index (χ2v) is 7.35. The molecular weight excluding hydrogens is 254 g/mol. The summed E-state index contributed by atoms with van der Waals surface area (Å²) in [5.74, 6) is -1.48. The smallest absolute Gasteiger partial charge is 0.335 e. The Morgan fingerprint density at radius 1 is 1.20 bits per heavy atom. The van der Waals surface area contributed by atoms with Gasteiger partial charge >= 0.3 is 5.97 Å². The topological polar surface area (TPSA) is 37.3 Å². The molecule has 1 aromatic rings. The van der Waals surface area contributed by atoms with Crippen LogP contribution in [0, 0.1) is 23.6 Å². The molecule has 108 valence electrons. The summed E-state index contributed by atoms with van der Waals surface area (Å²) in [4.78, 5) is 11.1. The maximum absolute atomic E-state index is 14.0. The average molecular weight is 276 g/mol. The second-order valence-electron chi connectivity index (χ2n) is 7.35. The first kappa shape index (κ1) is 15.1. The summed E-state index contributed by atoms with van der Waals surface area (Å²) in [6, 6.07) is 2.77. The molecule has 0 aromatic heterocycles. The minimum atomic E-state index is -1.07. The third kappa shape index (κ3) is 2.36. The van der Waals surface area contributed by atoms with E-state index in [9.17, 15) is 9.18 Å². The van der Waals surface area contributed by atoms with Gasteiger partial charge in [-0.1, -0.05) is 51.9 Å². The van der Waals surface area contributed by atoms with Gasteiger partial charge in [0.1, 0.15) is 5.82 Å². The van der Waals surface area contributed by atoms with Crippen LogP contribution < -0.4 is 5.46 Å². The molecule has 0 amide bonds. The molecule has 1 heterocycles. The highest BCUT2D eigenvalue weighted by Gasteiger charge is 2.48. The molecule has 0 bridgehead atoms. The van der Waals surface area contributed by atoms with Crippen LogP contribution in [0.4, 0.5) is 4.39 Å². The molecule has 2 nitrogen and oxygen atoms in total. The summed E-state index contributed by atoms with van der Waals surface area (Å²) < 4.78 is 14.0. The largest absolute Gasteiger partial charge is 0.478 e. The summed E-state index contributed by atoms with van der Waals surface area (Å²) in [6.07, 6.45) is 1.92. The van der Waals surface area contributed by atoms with Crippen LogP contribution in [-0.4, -0.2) is 17.8 Å². The third-order valence-electron chi connectivity index (χ3n) is 5.42. The number of carboxylic acid groups (broad SMARTS) is 1. The van der Waals surface area contributed by atoms with Gasteiger partial charge in [0.2, 0.25) is 0 Å². The van der Waals surface area contributed by atoms with Gasteiger partial charge in [0, 0.05) is 0 Å². The molecule has 0 unspecified atom stereocenters. The fourth-order valence-electron chi connectivity index (χ4n) is 3.32. The maximum Gasteiger partial charge on any atom is 0.335 e. The van der Waals surface area contributed by atoms with E-state index < -0.39 is 11.8 Å². The van der Waals surface area contributed by atoms with Gasteiger partial charge in [0.25, 0.3) is 0 Å². The Morgan fingerprint density at radius 3 is 2.15 bits per heavy atom. The molecule has 1 saturated heterocycles. The van der Waals surface area contributed by atoms with Crippen molar-refractivity contribution in [3.05, 3.63) is 29.1 Å². The fourth-order valence-corrected chi connectivity index (χ4v) is 3.32. The van der Waals surface area contributed by atoms with Gasteiger partial charge in [0.05, 0.1) is 5.56 Å². The van der Waals surface area contributed by atoms with E-state index in [1.54, 1.807) is 13.0 Å². The number of hydrogen-bond donors (Lipinski definition) is 1. The lowest BCUT2D eigenvalue weighted by molar-refractivity contribution is 0.0696. The predicted octanol–water partition coefficient (Wildman–Crippen LogP) is 3.60. The van der Waals surface area contributed by atoms with Crippen molar-refractivity contribution >= 4 is 18.1 Å². The van der Waals surface area contributed by atoms with Gasteiger partial charge in [0.15, 0.2) is 6.71 Å². The van der Waals surface area contributed by atoms with Crippen molar-refractivity contribution in [2.75, 3.05) is 0 Å². The molecule has 0 spiro atoms. The standard InChI is InChI=1S/C16H22BFO2/c1-10-12(6-11(14(19)20)7-13(10)18)17-8-15(2,3)16(4,5)9-17/h6-7H,8-9H2,1-5H3,(H,19,20). The lowest BCUT2D eigenvalue weighted by atomic mass is 9.41. The van der Waals surface area contributed by atoms with E-state index in [2.05, 4.69) is 27.7 Å². The van der Waals surface area contributed by atoms with E-state index >= 15 is 0 Å². The first-order valence-corrected chi connectivity index (χ1v) is 7.08. The summed E-state index contributed by atoms with van der Waals surface area (Å²) in [5, 5.41) is 9.11. The number of rotatable bonds is 2. The lowest BCUT2D eigenvalue weighted by Gasteiger charge is -2.35. The molecule has 1 aromatic carbocycles. The van der Waals surface area contributed by atoms with Gasteiger partial charge in [-0.15, -0.1) is 0 Å². The minimum Gasteiger partial charge on any atom is -0.478 e. The predicted molar refractivity (Wildman–Crippen MR) is 80.7 cm³/mol. The van der Waals surface area contributed by atoms with Crippen LogP contribution in [-0.2, 0) is 0 Å². The number of carboxylic acids is 1. The fraction of sp³-hybridized carbons (Fsp3) is 0.562. The first-order valence-electron chi connectivity index (χ1n) is 7.08. The van der Waals surface area contributed by atoms with Gasteiger partial charge in [-0.3, -0.25) is 0 Å². The molecule has 4 heteroatoms. The Kier molecular flexibility index (Phi) is 3.48. The van der Waals surface area contributed by atoms with Crippen molar-refractivity contribution in [1.82, 2.24) is 0 Å². The van der Waals surface area contributed by atoms with E-state index in [1.807, 2.05) is 0 Å². The van der Waals surface area contributed by atoms with E-state index in [-0.39, 0.29) is 23.1 Å². The highest BCUT2D eigenvalue weighted by molar-refractivity contribution is 6.74. The number of carbonyl (C=O) groups is 1. The van der Waals surface area contributed by atoms with Crippen LogP contribution in [0.2, 0.25) is 12.6 Å². The van der Waals surface area contributed by atoms with E-state index in [4.69, 9.17) is 5.11 Å². The van der Waals surface area contributed by atoms with Crippen molar-refractivity contribution in [2.45, 2.75) is 47.3 Å². The second kappa shape index (κ2) is 4.61. The average Bonchev–Trinajstić information content (AvgIpc) is 2.51. The van der Waals surface area contributed by atoms with Crippen molar-refractivity contribution in [2.24, 2.45) is 10.8 Å². The number of benzene rings is 1. The molecule has 1 fully saturated rings. The van der Waals surface area contributed by atoms with Crippen molar-refractivity contribution in [1.29, 1.82) is 0 Å². The molecule has 0 saturated carbocycles. The van der Waals surface area contributed by atoms with Crippen LogP contribution in [0.25, 0.3) is 0 Å². The zero-order chi connectivity index (χ0) is 15.3. The first-order chi connectivity index (χ1) is 9.05. The van der Waals surface area contributed by atoms with Crippen LogP contribution in [0.15, 0.2) is 12.1 Å².